The number of nitrogens with one attached hydrogen (secondary N) is 1. The number of rotatable bonds is 1. The fraction of sp³-hybridized carbons (Fsp3) is 0.167. The molecule has 0 aromatic carbocycles. The molecule has 0 bridgehead atoms. The van der Waals surface area contributed by atoms with E-state index < -0.39 is 6.03 Å². The molecule has 0 saturated carbocycles. The van der Waals surface area contributed by atoms with Crippen LogP contribution in [0, 0.1) is 0 Å². The van der Waals surface area contributed by atoms with Crippen molar-refractivity contribution < 1.29 is 10.0 Å². The van der Waals surface area contributed by atoms with Gasteiger partial charge in [-0.05, 0) is 0 Å². The summed E-state index contributed by atoms with van der Waals surface area (Å²) < 4.78 is 1.36. The normalized spacial score (nSPS) is 8.25. The molecule has 0 radical (unpaired) electrons. The number of hydroxylamine groups is 1. The van der Waals surface area contributed by atoms with Crippen molar-refractivity contribution in [3.8, 4) is 0 Å². The number of carbonyl (C=O) groups excluding carboxylic acids is 1. The summed E-state index contributed by atoms with van der Waals surface area (Å²) in [7, 11) is 0. The fourth-order valence-corrected chi connectivity index (χ4v) is 2.39. The summed E-state index contributed by atoms with van der Waals surface area (Å²) in [5.41, 5.74) is 6.99. The van der Waals surface area contributed by atoms with Gasteiger partial charge in [-0.15, -0.1) is 0 Å². The van der Waals surface area contributed by atoms with Crippen LogP contribution in [0.5, 0.6) is 0 Å². The Labute approximate surface area is 109 Å². The summed E-state index contributed by atoms with van der Waals surface area (Å²) in [6, 6.07) is 1.26. The molecular formula is C6H9KN2O2S. The summed E-state index contributed by atoms with van der Waals surface area (Å²) in [6.45, 7) is 0. The van der Waals surface area contributed by atoms with Crippen LogP contribution in [0.2, 0.25) is 0 Å². The van der Waals surface area contributed by atoms with Crippen LogP contribution in [-0.4, -0.2) is 60.2 Å². The van der Waals surface area contributed by atoms with Crippen molar-refractivity contribution in [2.45, 2.75) is 0.515 Å². The van der Waals surface area contributed by atoms with Crippen LogP contribution in [0.25, 0.3) is 0 Å². The summed E-state index contributed by atoms with van der Waals surface area (Å²) in [5, 5.41) is 11.8. The monoisotopic (exact) mass is 212 g/mol. The van der Waals surface area contributed by atoms with Gasteiger partial charge in [-0.1, -0.05) is 0 Å². The molecule has 0 spiro atoms. The molecule has 0 atom stereocenters. The number of amides is 2. The zero-order valence-corrected chi connectivity index (χ0v) is 10.7. The molecule has 0 fully saturated rings. The van der Waals surface area contributed by atoms with Gasteiger partial charge in [0.15, 0.2) is 0 Å². The predicted molar refractivity (Wildman–Crippen MR) is 48.3 cm³/mol. The Morgan fingerprint density at radius 1 is 1.83 bits per heavy atom. The van der Waals surface area contributed by atoms with E-state index in [0.717, 1.165) is 49.0 Å². The van der Waals surface area contributed by atoms with Gasteiger partial charge in [0.25, 0.3) is 0 Å². The third-order valence-corrected chi connectivity index (χ3v) is 3.11. The Morgan fingerprint density at radius 2 is 2.42 bits per heavy atom. The minimum absolute atomic E-state index is 0.940. The molecule has 4 nitrogen and oxygen atoms in total. The van der Waals surface area contributed by atoms with Crippen LogP contribution in [-0.2, 0) is 0.515 Å². The zero-order chi connectivity index (χ0) is 9.40. The molecular weight excluding hydrogens is 203 g/mol. The van der Waals surface area contributed by atoms with E-state index in [-0.39, 0.29) is 0 Å². The first-order chi connectivity index (χ1) is 5.70. The summed E-state index contributed by atoms with van der Waals surface area (Å²) >= 11 is 2.79. The molecule has 1 aromatic rings. The SMILES string of the molecule is NC(=O)NO.[K][CH2]c1ccsc1. The number of primary amides is 1. The second kappa shape index (κ2) is 8.18. The average molecular weight is 212 g/mol. The van der Waals surface area contributed by atoms with Crippen molar-refractivity contribution in [3.63, 3.8) is 0 Å². The predicted octanol–water partition coefficient (Wildman–Crippen LogP) is 0.460. The van der Waals surface area contributed by atoms with Crippen LogP contribution in [0.15, 0.2) is 16.8 Å². The molecule has 6 heteroatoms. The molecule has 0 aliphatic heterocycles. The van der Waals surface area contributed by atoms with Gasteiger partial charge < -0.3 is 5.73 Å². The topological polar surface area (TPSA) is 75.4 Å². The first-order valence-electron chi connectivity index (χ1n) is 3.41. The maximum absolute atomic E-state index is 9.23. The Kier molecular flexibility index (Phi) is 8.56. The number of hydrogen-bond donors (Lipinski definition) is 3. The van der Waals surface area contributed by atoms with E-state index in [9.17, 15) is 4.79 Å². The molecule has 0 saturated heterocycles. The first kappa shape index (κ1) is 12.6. The van der Waals surface area contributed by atoms with Gasteiger partial charge in [-0.2, -0.15) is 0 Å². The van der Waals surface area contributed by atoms with Crippen LogP contribution >= 0.6 is 11.3 Å². The van der Waals surface area contributed by atoms with E-state index >= 15 is 0 Å². The quantitative estimate of drug-likeness (QED) is 0.359. The summed E-state index contributed by atoms with van der Waals surface area (Å²) in [4.78, 5) is 9.23. The van der Waals surface area contributed by atoms with Gasteiger partial charge in [0.1, 0.15) is 0 Å². The van der Waals surface area contributed by atoms with Crippen LogP contribution in [0.1, 0.15) is 5.56 Å². The molecule has 1 heterocycles. The van der Waals surface area contributed by atoms with Gasteiger partial charge in [0, 0.05) is 0 Å². The van der Waals surface area contributed by atoms with Gasteiger partial charge in [-0.25, -0.2) is 10.3 Å². The van der Waals surface area contributed by atoms with Crippen molar-refractivity contribution in [1.82, 2.24) is 5.48 Å². The van der Waals surface area contributed by atoms with Crippen LogP contribution in [0.4, 0.5) is 4.79 Å². The Hall–Kier alpha value is 0.566. The van der Waals surface area contributed by atoms with Crippen molar-refractivity contribution >= 4 is 66.3 Å². The standard InChI is InChI=1S/C5H5S.CH4N2O2.K/c1-5-2-3-6-4-5;2-1(4)3-5;/h2-4H,1H2;5H,(H3,2,3,4);. The average Bonchev–Trinajstić information content (AvgIpc) is 2.57. The number of nitrogens with two attached hydrogens (primary N) is 1. The Morgan fingerprint density at radius 3 is 2.58 bits per heavy atom. The third kappa shape index (κ3) is 7.23. The molecule has 4 N–H and O–H groups in total. The Balaban J connectivity index is 0.000000217. The van der Waals surface area contributed by atoms with E-state index in [4.69, 9.17) is 5.21 Å². The Bertz CT molecular complexity index is 215. The number of carbonyl (C=O) groups is 1. The van der Waals surface area contributed by atoms with Crippen LogP contribution < -0.4 is 11.2 Å². The second-order valence-corrected chi connectivity index (χ2v) is 3.85. The molecule has 12 heavy (non-hydrogen) atoms. The number of urea groups is 1. The van der Waals surface area contributed by atoms with E-state index in [2.05, 4.69) is 22.6 Å². The van der Waals surface area contributed by atoms with Crippen LogP contribution in [0.3, 0.4) is 0 Å². The van der Waals surface area contributed by atoms with Crippen molar-refractivity contribution in [2.24, 2.45) is 5.73 Å². The zero-order valence-electron chi connectivity index (χ0n) is 6.78. The van der Waals surface area contributed by atoms with Gasteiger partial charge in [0.2, 0.25) is 0 Å². The van der Waals surface area contributed by atoms with Crippen molar-refractivity contribution in [1.29, 1.82) is 0 Å². The maximum atomic E-state index is 9.23. The van der Waals surface area contributed by atoms with E-state index in [0.29, 0.717) is 0 Å². The molecule has 2 amide bonds. The summed E-state index contributed by atoms with van der Waals surface area (Å²) in [5.74, 6) is 0. The molecule has 1 rings (SSSR count). The fourth-order valence-electron chi connectivity index (χ4n) is 0.494. The van der Waals surface area contributed by atoms with Gasteiger partial charge in [-0.3, -0.25) is 5.21 Å². The van der Waals surface area contributed by atoms with Crippen molar-refractivity contribution in [3.05, 3.63) is 22.4 Å². The third-order valence-electron chi connectivity index (χ3n) is 1.10. The van der Waals surface area contributed by atoms with E-state index in [1.54, 1.807) is 11.3 Å². The number of thiophene rings is 1. The van der Waals surface area contributed by atoms with E-state index in [1.807, 2.05) is 0 Å². The molecule has 62 valence electrons. The van der Waals surface area contributed by atoms with E-state index in [1.165, 1.54) is 11.6 Å². The molecule has 1 aromatic heterocycles. The summed E-state index contributed by atoms with van der Waals surface area (Å²) in [6.07, 6.45) is 0. The molecule has 0 aliphatic rings. The first-order valence-corrected chi connectivity index (χ1v) is 6.56. The molecule has 0 unspecified atom stereocenters. The van der Waals surface area contributed by atoms with Crippen molar-refractivity contribution in [2.75, 3.05) is 0 Å². The second-order valence-electron chi connectivity index (χ2n) is 1.96. The molecule has 0 aliphatic carbocycles. The van der Waals surface area contributed by atoms with Gasteiger partial charge >= 0.3 is 89.2 Å². The number of hydrogen-bond acceptors (Lipinski definition) is 3. The van der Waals surface area contributed by atoms with Gasteiger partial charge in [0.05, 0.1) is 0 Å². The minimum atomic E-state index is -0.940.